The van der Waals surface area contributed by atoms with E-state index in [0.29, 0.717) is 13.1 Å². The van der Waals surface area contributed by atoms with Crippen LogP contribution in [0.4, 0.5) is 0 Å². The van der Waals surface area contributed by atoms with Gasteiger partial charge in [0.1, 0.15) is 11.7 Å². The zero-order valence-corrected chi connectivity index (χ0v) is 22.9. The van der Waals surface area contributed by atoms with Crippen LogP contribution in [0.15, 0.2) is 35.3 Å². The predicted octanol–water partition coefficient (Wildman–Crippen LogP) is 4.04. The lowest BCUT2D eigenvalue weighted by molar-refractivity contribution is 0.0978. The SMILES string of the molecule is C=CCN(CC=C)C1N=C(C2CC(C)(C)NC(C)(C)C2)N=C(C2CC(C)(C)NC(C)(C)C2)N1N. The van der Waals surface area contributed by atoms with Crippen LogP contribution in [0.1, 0.15) is 81.1 Å². The van der Waals surface area contributed by atoms with Crippen LogP contribution in [0.5, 0.6) is 0 Å². The molecule has 0 spiro atoms. The van der Waals surface area contributed by atoms with Gasteiger partial charge in [-0.25, -0.2) is 15.8 Å². The summed E-state index contributed by atoms with van der Waals surface area (Å²) in [6, 6.07) is 0. The van der Waals surface area contributed by atoms with Crippen molar-refractivity contribution < 1.29 is 0 Å². The van der Waals surface area contributed by atoms with E-state index in [1.807, 2.05) is 17.2 Å². The molecule has 3 aliphatic rings. The second kappa shape index (κ2) is 9.49. The summed E-state index contributed by atoms with van der Waals surface area (Å²) in [4.78, 5) is 12.7. The second-order valence-electron chi connectivity index (χ2n) is 13.2. The molecule has 0 aromatic rings. The minimum Gasteiger partial charge on any atom is -0.307 e. The van der Waals surface area contributed by atoms with Gasteiger partial charge in [-0.15, -0.1) is 13.2 Å². The number of piperidine rings is 2. The summed E-state index contributed by atoms with van der Waals surface area (Å²) in [5.41, 5.74) is 0.0304. The number of hydrogen-bond donors (Lipinski definition) is 3. The van der Waals surface area contributed by atoms with Crippen LogP contribution >= 0.6 is 0 Å². The molecule has 2 fully saturated rings. The molecule has 3 rings (SSSR count). The molecule has 1 unspecified atom stereocenters. The highest BCUT2D eigenvalue weighted by molar-refractivity contribution is 6.01. The van der Waals surface area contributed by atoms with Gasteiger partial charge >= 0.3 is 0 Å². The first-order chi connectivity index (χ1) is 15.6. The molecule has 0 radical (unpaired) electrons. The zero-order chi connectivity index (χ0) is 25.5. The zero-order valence-electron chi connectivity index (χ0n) is 22.9. The van der Waals surface area contributed by atoms with Gasteiger partial charge in [-0.05, 0) is 81.1 Å². The van der Waals surface area contributed by atoms with E-state index in [2.05, 4.69) is 84.1 Å². The Morgan fingerprint density at radius 2 is 1.26 bits per heavy atom. The van der Waals surface area contributed by atoms with Crippen molar-refractivity contribution in [1.29, 1.82) is 0 Å². The van der Waals surface area contributed by atoms with E-state index < -0.39 is 0 Å². The van der Waals surface area contributed by atoms with E-state index in [0.717, 1.165) is 37.4 Å². The Morgan fingerprint density at radius 3 is 1.68 bits per heavy atom. The smallest absolute Gasteiger partial charge is 0.195 e. The van der Waals surface area contributed by atoms with Crippen molar-refractivity contribution in [2.45, 2.75) is 110 Å². The number of aliphatic imine (C=N–C) groups is 2. The monoisotopic (exact) mass is 471 g/mol. The lowest BCUT2D eigenvalue weighted by atomic mass is 9.74. The number of nitrogens with two attached hydrogens (primary N) is 1. The third-order valence-corrected chi connectivity index (χ3v) is 7.15. The van der Waals surface area contributed by atoms with Crippen molar-refractivity contribution >= 4 is 11.7 Å². The van der Waals surface area contributed by atoms with Gasteiger partial charge in [-0.2, -0.15) is 0 Å². The highest BCUT2D eigenvalue weighted by atomic mass is 15.6. The first kappa shape index (κ1) is 27.1. The van der Waals surface area contributed by atoms with Gasteiger partial charge in [0.05, 0.1) is 0 Å². The van der Waals surface area contributed by atoms with Crippen LogP contribution in [-0.4, -0.2) is 63.1 Å². The number of amidine groups is 2. The summed E-state index contributed by atoms with van der Waals surface area (Å²) < 4.78 is 0. The summed E-state index contributed by atoms with van der Waals surface area (Å²) in [6.07, 6.45) is 7.45. The maximum absolute atomic E-state index is 6.84. The van der Waals surface area contributed by atoms with Crippen LogP contribution in [-0.2, 0) is 0 Å². The topological polar surface area (TPSA) is 81.3 Å². The van der Waals surface area contributed by atoms with Crippen LogP contribution in [0.3, 0.4) is 0 Å². The normalized spacial score (nSPS) is 28.9. The van der Waals surface area contributed by atoms with Crippen LogP contribution in [0.2, 0.25) is 0 Å². The quantitative estimate of drug-likeness (QED) is 0.386. The Labute approximate surface area is 208 Å². The first-order valence-electron chi connectivity index (χ1n) is 12.8. The molecule has 0 aromatic heterocycles. The fourth-order valence-electron chi connectivity index (χ4n) is 6.86. The Balaban J connectivity index is 2.05. The maximum Gasteiger partial charge on any atom is 0.195 e. The maximum atomic E-state index is 6.84. The number of nitrogens with zero attached hydrogens (tertiary/aromatic N) is 4. The average molecular weight is 472 g/mol. The van der Waals surface area contributed by atoms with E-state index >= 15 is 0 Å². The van der Waals surface area contributed by atoms with Crippen LogP contribution in [0.25, 0.3) is 0 Å². The highest BCUT2D eigenvalue weighted by Gasteiger charge is 2.45. The molecule has 1 atom stereocenters. The van der Waals surface area contributed by atoms with E-state index in [-0.39, 0.29) is 40.3 Å². The van der Waals surface area contributed by atoms with E-state index in [1.165, 1.54) is 0 Å². The van der Waals surface area contributed by atoms with E-state index in [9.17, 15) is 0 Å². The largest absolute Gasteiger partial charge is 0.307 e. The van der Waals surface area contributed by atoms with Crippen LogP contribution < -0.4 is 16.5 Å². The Hall–Kier alpha value is -1.54. The fraction of sp³-hybridized carbons (Fsp3) is 0.778. The summed E-state index contributed by atoms with van der Waals surface area (Å²) >= 11 is 0. The standard InChI is InChI=1S/C27H49N7/c1-11-13-33(14-12-2)23-30-21(19-15-24(3,4)31-25(5,6)16-19)29-22(34(23)28)20-17-26(7,8)32-27(9,10)18-20/h11-12,19-20,23,31-32H,1-2,13-18,28H2,3-10H3. The summed E-state index contributed by atoms with van der Waals surface area (Å²) in [5.74, 6) is 9.27. The summed E-state index contributed by atoms with van der Waals surface area (Å²) in [7, 11) is 0. The molecule has 192 valence electrons. The molecule has 0 aromatic carbocycles. The Kier molecular flexibility index (Phi) is 7.55. The molecule has 34 heavy (non-hydrogen) atoms. The van der Waals surface area contributed by atoms with Gasteiger partial charge in [0, 0.05) is 47.1 Å². The van der Waals surface area contributed by atoms with E-state index in [4.69, 9.17) is 15.8 Å². The molecule has 0 bridgehead atoms. The first-order valence-corrected chi connectivity index (χ1v) is 12.8. The predicted molar refractivity (Wildman–Crippen MR) is 145 cm³/mol. The summed E-state index contributed by atoms with van der Waals surface area (Å²) in [6.45, 7) is 27.5. The molecule has 2 saturated heterocycles. The molecule has 0 aliphatic carbocycles. The minimum absolute atomic E-state index is 0.000682. The van der Waals surface area contributed by atoms with Gasteiger partial charge in [0.25, 0.3) is 0 Å². The van der Waals surface area contributed by atoms with Gasteiger partial charge < -0.3 is 10.6 Å². The molecular formula is C27H49N7. The van der Waals surface area contributed by atoms with Crippen molar-refractivity contribution in [1.82, 2.24) is 20.5 Å². The number of rotatable bonds is 7. The molecule has 0 amide bonds. The molecule has 4 N–H and O–H groups in total. The molecule has 3 heterocycles. The van der Waals surface area contributed by atoms with Crippen molar-refractivity contribution in [2.24, 2.45) is 27.7 Å². The second-order valence-corrected chi connectivity index (χ2v) is 13.2. The number of hydrazine groups is 1. The molecule has 7 nitrogen and oxygen atoms in total. The van der Waals surface area contributed by atoms with Gasteiger partial charge in [0.2, 0.25) is 0 Å². The minimum atomic E-state index is -0.319. The lowest BCUT2D eigenvalue weighted by Crippen LogP contribution is -2.64. The Bertz CT molecular complexity index is 794. The number of hydrogen-bond acceptors (Lipinski definition) is 7. The van der Waals surface area contributed by atoms with Gasteiger partial charge in [0.15, 0.2) is 6.29 Å². The van der Waals surface area contributed by atoms with Gasteiger partial charge in [-0.3, -0.25) is 9.91 Å². The van der Waals surface area contributed by atoms with Crippen molar-refractivity contribution in [2.75, 3.05) is 13.1 Å². The van der Waals surface area contributed by atoms with Crippen molar-refractivity contribution in [3.05, 3.63) is 25.3 Å². The summed E-state index contributed by atoms with van der Waals surface area (Å²) in [5, 5.41) is 9.41. The molecular weight excluding hydrogens is 422 g/mol. The van der Waals surface area contributed by atoms with Crippen LogP contribution in [0, 0.1) is 11.8 Å². The molecule has 0 saturated carbocycles. The van der Waals surface area contributed by atoms with Crippen molar-refractivity contribution in [3.8, 4) is 0 Å². The Morgan fingerprint density at radius 1 is 0.853 bits per heavy atom. The third kappa shape index (κ3) is 6.36. The van der Waals surface area contributed by atoms with Gasteiger partial charge in [-0.1, -0.05) is 12.2 Å². The molecule has 7 heteroatoms. The molecule has 3 aliphatic heterocycles. The third-order valence-electron chi connectivity index (χ3n) is 7.15. The van der Waals surface area contributed by atoms with E-state index in [1.54, 1.807) is 0 Å². The highest BCUT2D eigenvalue weighted by Crippen LogP contribution is 2.38. The fourth-order valence-corrected chi connectivity index (χ4v) is 6.86. The lowest BCUT2D eigenvalue weighted by Gasteiger charge is -2.50. The van der Waals surface area contributed by atoms with Crippen molar-refractivity contribution in [3.63, 3.8) is 0 Å². The number of nitrogens with one attached hydrogen (secondary N) is 2. The average Bonchev–Trinajstić information content (AvgIpc) is 2.63.